The highest BCUT2D eigenvalue weighted by Crippen LogP contribution is 2.37. The molecule has 0 saturated carbocycles. The molecule has 0 radical (unpaired) electrons. The molecule has 0 aliphatic carbocycles. The molecule has 5 N–H and O–H groups in total. The van der Waals surface area contributed by atoms with Gasteiger partial charge in [-0.1, -0.05) is 40.5 Å². The van der Waals surface area contributed by atoms with Crippen LogP contribution in [-0.2, 0) is 84.0 Å². The van der Waals surface area contributed by atoms with Gasteiger partial charge in [0.25, 0.3) is 10.1 Å². The van der Waals surface area contributed by atoms with Gasteiger partial charge in [0.05, 0.1) is 11.7 Å². The number of ether oxygens (including phenoxy) is 8. The van der Waals surface area contributed by atoms with Gasteiger partial charge < -0.3 is 75.1 Å². The molecule has 5 unspecified atom stereocenters. The van der Waals surface area contributed by atoms with Crippen LogP contribution in [0.5, 0.6) is 0 Å². The molecule has 81 heavy (non-hydrogen) atoms. The van der Waals surface area contributed by atoms with Gasteiger partial charge in [0.1, 0.15) is 51.5 Å². The predicted molar refractivity (Wildman–Crippen MR) is 317 cm³/mol. The number of hydrogen-bond acceptors (Lipinski definition) is 23. The van der Waals surface area contributed by atoms with Crippen molar-refractivity contribution in [2.24, 2.45) is 5.92 Å². The molecule has 0 heterocycles. The second kappa shape index (κ2) is 39.6. The standard InChI is InChI=1S/C52H92O23S2Si4/c1-39(2)49(57)68-45(30-53)34-65-21-17-27-79(13,72-42(7)8)74-81(15,29-19-23-67-36-47(32-55)70-51(59)41(5)6)75-80(14,28-18-22-66-35-46(31-54)69-50(58)40(3)4)73-78(12,43(9)10)26-16-20-64-37-48(33-56)71-52(60)44(11)38-76-24-25-77(61,62)63/h30-33,42-44,53-56H,1,3,5,16-29,34-38H2,2,4,6-15H3,(H,61,62,63)/b45-30+,46-31+,47-32+,48-33+. The Morgan fingerprint density at radius 3 is 1.20 bits per heavy atom. The minimum atomic E-state index is -4.14. The Morgan fingerprint density at radius 1 is 0.531 bits per heavy atom. The van der Waals surface area contributed by atoms with E-state index in [4.69, 9.17) is 59.2 Å². The first-order valence-electron chi connectivity index (χ1n) is 26.5. The van der Waals surface area contributed by atoms with E-state index in [1.165, 1.54) is 20.8 Å². The van der Waals surface area contributed by atoms with Crippen molar-refractivity contribution in [1.82, 2.24) is 0 Å². The lowest BCUT2D eigenvalue weighted by Crippen LogP contribution is -2.61. The topological polar surface area (TPSA) is 314 Å². The van der Waals surface area contributed by atoms with E-state index < -0.39 is 79.7 Å². The molecule has 0 spiro atoms. The summed E-state index contributed by atoms with van der Waals surface area (Å²) in [5, 5.41) is 39.1. The second-order valence-corrected chi connectivity index (χ2v) is 38.5. The third-order valence-corrected chi connectivity index (χ3v) is 32.7. The Bertz CT molecular complexity index is 2260. The molecule has 0 aromatic heterocycles. The van der Waals surface area contributed by atoms with Crippen LogP contribution in [0.1, 0.15) is 81.1 Å². The molecule has 0 aliphatic rings. The molecular weight excluding hydrogens is 1170 g/mol. The second-order valence-electron chi connectivity index (χ2n) is 20.5. The smallest absolute Gasteiger partial charge is 0.338 e. The van der Waals surface area contributed by atoms with E-state index in [-0.39, 0.29) is 116 Å². The van der Waals surface area contributed by atoms with Crippen molar-refractivity contribution in [2.45, 2.75) is 143 Å². The van der Waals surface area contributed by atoms with Crippen LogP contribution in [0.25, 0.3) is 0 Å². The number of esters is 4. The molecule has 0 rings (SSSR count). The van der Waals surface area contributed by atoms with Crippen molar-refractivity contribution in [3.05, 3.63) is 84.5 Å². The van der Waals surface area contributed by atoms with Crippen molar-refractivity contribution in [3.8, 4) is 0 Å². The van der Waals surface area contributed by atoms with E-state index in [1.54, 1.807) is 6.92 Å². The van der Waals surface area contributed by atoms with Crippen molar-refractivity contribution in [2.75, 3.05) is 70.1 Å². The molecule has 23 nitrogen and oxygen atoms in total. The minimum Gasteiger partial charge on any atom is -0.512 e. The maximum Gasteiger partial charge on any atom is 0.338 e. The largest absolute Gasteiger partial charge is 0.512 e. The van der Waals surface area contributed by atoms with Crippen LogP contribution in [0, 0.1) is 5.92 Å². The van der Waals surface area contributed by atoms with Gasteiger partial charge in [-0.15, -0.1) is 0 Å². The number of thioether (sulfide) groups is 1. The molecule has 466 valence electrons. The zero-order chi connectivity index (χ0) is 62.0. The zero-order valence-corrected chi connectivity index (χ0v) is 55.1. The summed E-state index contributed by atoms with van der Waals surface area (Å²) >= 11 is 1.15. The summed E-state index contributed by atoms with van der Waals surface area (Å²) in [4.78, 5) is 49.2. The van der Waals surface area contributed by atoms with E-state index in [2.05, 4.69) is 40.1 Å². The predicted octanol–water partition coefficient (Wildman–Crippen LogP) is 10.0. The molecule has 0 bridgehead atoms. The van der Waals surface area contributed by atoms with Gasteiger partial charge in [-0.25, -0.2) is 14.4 Å². The van der Waals surface area contributed by atoms with E-state index >= 15 is 0 Å². The quantitative estimate of drug-likeness (QED) is 0.00719. The van der Waals surface area contributed by atoms with Crippen LogP contribution in [0.3, 0.4) is 0 Å². The van der Waals surface area contributed by atoms with Gasteiger partial charge in [0.15, 0.2) is 31.4 Å². The van der Waals surface area contributed by atoms with Crippen LogP contribution in [0.4, 0.5) is 0 Å². The zero-order valence-electron chi connectivity index (χ0n) is 49.5. The minimum absolute atomic E-state index is 0.0412. The average molecular weight is 1260 g/mol. The summed E-state index contributed by atoms with van der Waals surface area (Å²) in [7, 11) is -17.0. The molecule has 0 aromatic carbocycles. The highest BCUT2D eigenvalue weighted by Gasteiger charge is 2.51. The lowest BCUT2D eigenvalue weighted by atomic mass is 10.2. The van der Waals surface area contributed by atoms with Gasteiger partial charge in [0.2, 0.25) is 0 Å². The third-order valence-electron chi connectivity index (χ3n) is 11.5. The van der Waals surface area contributed by atoms with E-state index in [9.17, 15) is 48.0 Å². The summed E-state index contributed by atoms with van der Waals surface area (Å²) < 4.78 is 104. The number of aliphatic hydroxyl groups excluding tert-OH is 4. The summed E-state index contributed by atoms with van der Waals surface area (Å²) in [6.07, 6.45) is 4.09. The fourth-order valence-electron chi connectivity index (χ4n) is 7.16. The van der Waals surface area contributed by atoms with E-state index in [1.807, 2.05) is 33.5 Å². The number of hydrogen-bond donors (Lipinski definition) is 5. The number of aliphatic hydroxyl groups is 4. The Hall–Kier alpha value is -3.93. The Morgan fingerprint density at radius 2 is 0.864 bits per heavy atom. The van der Waals surface area contributed by atoms with Gasteiger partial charge in [0, 0.05) is 60.8 Å². The molecule has 5 atom stereocenters. The molecule has 0 fully saturated rings. The Labute approximate surface area is 488 Å². The van der Waals surface area contributed by atoms with Crippen LogP contribution < -0.4 is 0 Å². The molecule has 0 aromatic rings. The summed E-state index contributed by atoms with van der Waals surface area (Å²) in [5.41, 5.74) is 0.455. The Kier molecular flexibility index (Phi) is 37.7. The summed E-state index contributed by atoms with van der Waals surface area (Å²) in [5.74, 6) is -4.06. The molecular formula is C52H92O23S2Si4. The first-order valence-corrected chi connectivity index (χ1v) is 39.5. The lowest BCUT2D eigenvalue weighted by molar-refractivity contribution is -0.144. The molecule has 0 aliphatic heterocycles. The lowest BCUT2D eigenvalue weighted by Gasteiger charge is -2.46. The van der Waals surface area contributed by atoms with Crippen molar-refractivity contribution in [3.63, 3.8) is 0 Å². The number of carbonyl (C=O) groups excluding carboxylic acids is 4. The maximum absolute atomic E-state index is 12.7. The van der Waals surface area contributed by atoms with Crippen LogP contribution in [0.2, 0.25) is 55.9 Å². The monoisotopic (exact) mass is 1260 g/mol. The van der Waals surface area contributed by atoms with Crippen molar-refractivity contribution < 1.29 is 107 Å². The van der Waals surface area contributed by atoms with Gasteiger partial charge in [-0.05, 0) is 116 Å². The van der Waals surface area contributed by atoms with Crippen molar-refractivity contribution in [1.29, 1.82) is 0 Å². The first-order chi connectivity index (χ1) is 37.7. The molecule has 0 saturated heterocycles. The van der Waals surface area contributed by atoms with Gasteiger partial charge in [-0.2, -0.15) is 20.2 Å². The number of carbonyl (C=O) groups is 4. The van der Waals surface area contributed by atoms with E-state index in [0.29, 0.717) is 74.9 Å². The Balaban J connectivity index is 6.93. The highest BCUT2D eigenvalue weighted by molar-refractivity contribution is 8.00. The van der Waals surface area contributed by atoms with Crippen LogP contribution in [-0.4, -0.2) is 167 Å². The highest BCUT2D eigenvalue weighted by atomic mass is 32.2. The van der Waals surface area contributed by atoms with Gasteiger partial charge in [-0.3, -0.25) is 9.35 Å². The summed E-state index contributed by atoms with van der Waals surface area (Å²) in [6, 6.07) is 1.78. The average Bonchev–Trinajstić information content (AvgIpc) is 3.36. The van der Waals surface area contributed by atoms with Crippen LogP contribution >= 0.6 is 11.8 Å². The molecule has 29 heteroatoms. The first kappa shape index (κ1) is 77.1. The maximum atomic E-state index is 12.7. The van der Waals surface area contributed by atoms with Crippen molar-refractivity contribution >= 4 is 79.8 Å². The van der Waals surface area contributed by atoms with E-state index in [0.717, 1.165) is 11.8 Å². The summed E-state index contributed by atoms with van der Waals surface area (Å²) in [6.45, 7) is 32.5. The third kappa shape index (κ3) is 35.1. The SMILES string of the molecule is C=C(C)C(=O)O/C(=C/O)COCCC[Si](C)(OC(C)C)O[Si](C)(CCCOC/C(=C\O)OC(=O)C(=C)C)O[Si](C)(CCCOC/C(=C\O)OC(=O)C(=C)C)O[Si](C)(CCCOC/C(=C\O)OC(=O)C(C)CSCCS(=O)(=O)O)C(C)C. The normalized spacial score (nSPS) is 16.1. The fraction of sp³-hybridized carbons (Fsp3) is 0.654. The molecule has 0 amide bonds. The fourth-order valence-corrected chi connectivity index (χ4v) is 29.9. The van der Waals surface area contributed by atoms with Crippen LogP contribution in [0.15, 0.2) is 84.5 Å². The number of rotatable bonds is 46. The van der Waals surface area contributed by atoms with Gasteiger partial charge >= 0.3 is 49.6 Å².